The molecule has 1 atom stereocenters. The number of nitrogens with zero attached hydrogens (tertiary/aromatic N) is 1. The van der Waals surface area contributed by atoms with Crippen molar-refractivity contribution >= 4 is 18.3 Å². The maximum Gasteiger partial charge on any atom is 0.252 e. The van der Waals surface area contributed by atoms with Gasteiger partial charge < -0.3 is 20.0 Å². The van der Waals surface area contributed by atoms with Gasteiger partial charge in [0.05, 0.1) is 6.54 Å². The van der Waals surface area contributed by atoms with Gasteiger partial charge in [0.1, 0.15) is 18.5 Å². The van der Waals surface area contributed by atoms with E-state index in [1.54, 1.807) is 0 Å². The van der Waals surface area contributed by atoms with Crippen LogP contribution in [-0.4, -0.2) is 48.4 Å². The molecule has 0 bridgehead atoms. The molecule has 0 aliphatic carbocycles. The van der Waals surface area contributed by atoms with Crippen LogP contribution in [0, 0.1) is 0 Å². The Morgan fingerprint density at radius 1 is 1.03 bits per heavy atom. The topological polar surface area (TPSA) is 71.0 Å². The lowest BCUT2D eigenvalue weighted by atomic mass is 10.1. The molecule has 2 N–H and O–H groups in total. The number of benzene rings is 2. The van der Waals surface area contributed by atoms with E-state index in [4.69, 9.17) is 9.57 Å². The number of amides is 1. The van der Waals surface area contributed by atoms with Gasteiger partial charge in [-0.05, 0) is 49.2 Å². The van der Waals surface area contributed by atoms with Crippen molar-refractivity contribution in [2.75, 3.05) is 26.2 Å². The predicted molar refractivity (Wildman–Crippen MR) is 130 cm³/mol. The molecule has 2 aromatic rings. The van der Waals surface area contributed by atoms with Crippen LogP contribution in [0.4, 0.5) is 0 Å². The van der Waals surface area contributed by atoms with Crippen molar-refractivity contribution in [2.24, 2.45) is 0 Å². The summed E-state index contributed by atoms with van der Waals surface area (Å²) in [4.78, 5) is 17.6. The summed E-state index contributed by atoms with van der Waals surface area (Å²) in [5.41, 5.74) is 1.16. The highest BCUT2D eigenvalue weighted by Crippen LogP contribution is 2.15. The molecule has 0 saturated carbocycles. The molecule has 178 valence electrons. The zero-order valence-electron chi connectivity index (χ0n) is 19.2. The van der Waals surface area contributed by atoms with E-state index < -0.39 is 6.10 Å². The maximum atomic E-state index is 11.8. The Morgan fingerprint density at radius 2 is 1.75 bits per heavy atom. The molecule has 0 heterocycles. The average molecular weight is 465 g/mol. The van der Waals surface area contributed by atoms with Gasteiger partial charge in [-0.1, -0.05) is 56.5 Å². The number of hydrogen-bond acceptors (Lipinski definition) is 5. The lowest BCUT2D eigenvalue weighted by Gasteiger charge is -2.21. The van der Waals surface area contributed by atoms with Crippen molar-refractivity contribution in [1.82, 2.24) is 10.4 Å². The number of hydroxylamine groups is 2. The van der Waals surface area contributed by atoms with Gasteiger partial charge in [-0.25, -0.2) is 0 Å². The second-order valence-electron chi connectivity index (χ2n) is 7.65. The largest absolute Gasteiger partial charge is 0.491 e. The summed E-state index contributed by atoms with van der Waals surface area (Å²) >= 11 is 0. The Balaban J connectivity index is 0.00000512. The molecule has 32 heavy (non-hydrogen) atoms. The zero-order valence-corrected chi connectivity index (χ0v) is 20.0. The molecular formula is C25H37ClN2O4. The van der Waals surface area contributed by atoms with Crippen molar-refractivity contribution < 1.29 is 19.5 Å². The van der Waals surface area contributed by atoms with Gasteiger partial charge >= 0.3 is 0 Å². The summed E-state index contributed by atoms with van der Waals surface area (Å²) in [7, 11) is 0. The van der Waals surface area contributed by atoms with Gasteiger partial charge in [0.15, 0.2) is 5.75 Å². The Kier molecular flexibility index (Phi) is 14.2. The number of carbonyl (C=O) groups excluding carboxylic acids is 1. The van der Waals surface area contributed by atoms with Crippen LogP contribution >= 0.6 is 12.4 Å². The molecule has 0 aliphatic rings. The predicted octanol–water partition coefficient (Wildman–Crippen LogP) is 4.40. The first-order valence-electron chi connectivity index (χ1n) is 11.2. The molecule has 0 aliphatic heterocycles. The summed E-state index contributed by atoms with van der Waals surface area (Å²) in [5.74, 6) is 1.34. The highest BCUT2D eigenvalue weighted by atomic mass is 35.5. The Morgan fingerprint density at radius 3 is 2.41 bits per heavy atom. The number of para-hydroxylation sites is 1. The number of nitrogens with one attached hydrogen (secondary N) is 1. The zero-order chi connectivity index (χ0) is 22.3. The standard InChI is InChI=1S/C25H36N2O4.ClH/c1-3-4-5-9-18-27(21(2)28)31-25-14-12-22(13-15-25)16-17-26-19-23(29)20-30-24-10-7-6-8-11-24;/h6-8,10-15,23,26,29H,3-5,9,16-20H2,1-2H3;1H. The highest BCUT2D eigenvalue weighted by molar-refractivity contribution is 5.85. The summed E-state index contributed by atoms with van der Waals surface area (Å²) in [6.45, 7) is 5.78. The van der Waals surface area contributed by atoms with Gasteiger partial charge in [0.25, 0.3) is 5.91 Å². The van der Waals surface area contributed by atoms with E-state index in [1.807, 2.05) is 54.6 Å². The van der Waals surface area contributed by atoms with Gasteiger partial charge in [0, 0.05) is 13.5 Å². The van der Waals surface area contributed by atoms with E-state index in [2.05, 4.69) is 12.2 Å². The Bertz CT molecular complexity index is 743. The van der Waals surface area contributed by atoms with Crippen LogP contribution in [0.2, 0.25) is 0 Å². The summed E-state index contributed by atoms with van der Waals surface area (Å²) < 4.78 is 5.55. The molecule has 1 unspecified atom stereocenters. The molecule has 0 radical (unpaired) electrons. The molecule has 1 amide bonds. The molecular weight excluding hydrogens is 428 g/mol. The number of aliphatic hydroxyl groups excluding tert-OH is 1. The van der Waals surface area contributed by atoms with Crippen LogP contribution in [0.5, 0.6) is 11.5 Å². The fraction of sp³-hybridized carbons (Fsp3) is 0.480. The number of unbranched alkanes of at least 4 members (excludes halogenated alkanes) is 3. The third-order valence-electron chi connectivity index (χ3n) is 4.86. The summed E-state index contributed by atoms with van der Waals surface area (Å²) in [6, 6.07) is 17.3. The van der Waals surface area contributed by atoms with Crippen LogP contribution in [0.1, 0.15) is 45.1 Å². The first kappa shape index (κ1) is 27.8. The molecule has 0 aromatic heterocycles. The van der Waals surface area contributed by atoms with E-state index in [-0.39, 0.29) is 24.9 Å². The molecule has 2 rings (SSSR count). The smallest absolute Gasteiger partial charge is 0.252 e. The molecule has 2 aromatic carbocycles. The van der Waals surface area contributed by atoms with Gasteiger partial charge in [-0.3, -0.25) is 4.79 Å². The van der Waals surface area contributed by atoms with E-state index >= 15 is 0 Å². The van der Waals surface area contributed by atoms with Crippen molar-refractivity contribution in [3.8, 4) is 11.5 Å². The Hall–Kier alpha value is -2.28. The van der Waals surface area contributed by atoms with Crippen LogP contribution in [0.15, 0.2) is 54.6 Å². The SMILES string of the molecule is CCCCCCN(Oc1ccc(CCNCC(O)COc2ccccc2)cc1)C(C)=O.Cl. The fourth-order valence-corrected chi connectivity index (χ4v) is 3.06. The fourth-order valence-electron chi connectivity index (χ4n) is 3.06. The third kappa shape index (κ3) is 11.4. The van der Waals surface area contributed by atoms with Gasteiger partial charge in [0.2, 0.25) is 0 Å². The minimum atomic E-state index is -0.564. The van der Waals surface area contributed by atoms with E-state index in [0.29, 0.717) is 18.8 Å². The summed E-state index contributed by atoms with van der Waals surface area (Å²) in [5, 5.41) is 14.7. The van der Waals surface area contributed by atoms with Crippen molar-refractivity contribution in [1.29, 1.82) is 0 Å². The van der Waals surface area contributed by atoms with Gasteiger partial charge in [-0.2, -0.15) is 5.06 Å². The lowest BCUT2D eigenvalue weighted by molar-refractivity contribution is -0.155. The molecule has 0 fully saturated rings. The third-order valence-corrected chi connectivity index (χ3v) is 4.86. The summed E-state index contributed by atoms with van der Waals surface area (Å²) in [6.07, 6.45) is 4.65. The second-order valence-corrected chi connectivity index (χ2v) is 7.65. The average Bonchev–Trinajstić information content (AvgIpc) is 2.79. The van der Waals surface area contributed by atoms with Crippen molar-refractivity contribution in [2.45, 2.75) is 52.1 Å². The van der Waals surface area contributed by atoms with E-state index in [0.717, 1.165) is 43.5 Å². The first-order chi connectivity index (χ1) is 15.1. The molecule has 7 heteroatoms. The second kappa shape index (κ2) is 16.4. The normalized spacial score (nSPS) is 11.3. The lowest BCUT2D eigenvalue weighted by Crippen LogP contribution is -2.33. The minimum Gasteiger partial charge on any atom is -0.491 e. The number of rotatable bonds is 15. The van der Waals surface area contributed by atoms with Gasteiger partial charge in [-0.15, -0.1) is 12.4 Å². The van der Waals surface area contributed by atoms with E-state index in [1.165, 1.54) is 18.4 Å². The number of ether oxygens (including phenoxy) is 1. The number of carbonyl (C=O) groups is 1. The number of hydrogen-bond donors (Lipinski definition) is 2. The minimum absolute atomic E-state index is 0. The van der Waals surface area contributed by atoms with Crippen LogP contribution in [0.3, 0.4) is 0 Å². The van der Waals surface area contributed by atoms with Crippen LogP contribution in [-0.2, 0) is 11.2 Å². The van der Waals surface area contributed by atoms with Crippen LogP contribution in [0.25, 0.3) is 0 Å². The monoisotopic (exact) mass is 464 g/mol. The van der Waals surface area contributed by atoms with Crippen LogP contribution < -0.4 is 14.9 Å². The van der Waals surface area contributed by atoms with Crippen molar-refractivity contribution in [3.63, 3.8) is 0 Å². The number of aliphatic hydroxyl groups is 1. The molecule has 6 nitrogen and oxygen atoms in total. The molecule has 0 saturated heterocycles. The quantitative estimate of drug-likeness (QED) is 0.302. The first-order valence-corrected chi connectivity index (χ1v) is 11.2. The van der Waals surface area contributed by atoms with E-state index in [9.17, 15) is 9.90 Å². The highest BCUT2D eigenvalue weighted by Gasteiger charge is 2.11. The number of halogens is 1. The van der Waals surface area contributed by atoms with Crippen molar-refractivity contribution in [3.05, 3.63) is 60.2 Å². The maximum absolute atomic E-state index is 11.8. The molecule has 0 spiro atoms. The Labute approximate surface area is 198 Å².